The summed E-state index contributed by atoms with van der Waals surface area (Å²) in [6.07, 6.45) is 5.61. The largest absolute Gasteiger partial charge is 0.444 e. The van der Waals surface area contributed by atoms with E-state index in [9.17, 15) is 0 Å². The first-order valence-electron chi connectivity index (χ1n) is 8.32. The first-order chi connectivity index (χ1) is 11.2. The summed E-state index contributed by atoms with van der Waals surface area (Å²) in [5.74, 6) is 1.50. The predicted octanol–water partition coefficient (Wildman–Crippen LogP) is 3.82. The number of piperidine rings is 1. The highest BCUT2D eigenvalue weighted by molar-refractivity contribution is 6.30. The molecule has 1 N–H and O–H groups in total. The van der Waals surface area contributed by atoms with Crippen molar-refractivity contribution >= 4 is 11.6 Å². The van der Waals surface area contributed by atoms with Crippen LogP contribution < -0.4 is 5.32 Å². The Hall–Kier alpha value is -1.36. The summed E-state index contributed by atoms with van der Waals surface area (Å²) in [5.41, 5.74) is 1.92. The van der Waals surface area contributed by atoms with Gasteiger partial charge < -0.3 is 9.73 Å². The Morgan fingerprint density at radius 2 is 2.17 bits per heavy atom. The molecule has 1 saturated heterocycles. The van der Waals surface area contributed by atoms with Crippen LogP contribution in [0.4, 0.5) is 0 Å². The number of oxazole rings is 1. The molecule has 1 fully saturated rings. The molecule has 124 valence electrons. The van der Waals surface area contributed by atoms with Gasteiger partial charge in [-0.1, -0.05) is 17.7 Å². The van der Waals surface area contributed by atoms with Gasteiger partial charge >= 0.3 is 0 Å². The minimum Gasteiger partial charge on any atom is -0.444 e. The van der Waals surface area contributed by atoms with E-state index in [2.05, 4.69) is 15.2 Å². The molecule has 0 spiro atoms. The maximum absolute atomic E-state index is 6.02. The second-order valence-corrected chi connectivity index (χ2v) is 6.70. The maximum atomic E-state index is 6.02. The van der Waals surface area contributed by atoms with Crippen LogP contribution in [0.15, 0.2) is 34.9 Å². The molecular weight excluding hydrogens is 310 g/mol. The number of hydrogen-bond acceptors (Lipinski definition) is 4. The quantitative estimate of drug-likeness (QED) is 0.872. The average Bonchev–Trinajstić information content (AvgIpc) is 3.03. The van der Waals surface area contributed by atoms with E-state index in [1.807, 2.05) is 31.3 Å². The fraction of sp³-hybridized carbons (Fsp3) is 0.500. The van der Waals surface area contributed by atoms with Gasteiger partial charge in [0.1, 0.15) is 6.26 Å². The van der Waals surface area contributed by atoms with Crippen molar-refractivity contribution < 1.29 is 4.42 Å². The topological polar surface area (TPSA) is 41.3 Å². The van der Waals surface area contributed by atoms with Crippen LogP contribution in [-0.4, -0.2) is 36.6 Å². The van der Waals surface area contributed by atoms with E-state index in [0.29, 0.717) is 10.9 Å². The lowest BCUT2D eigenvalue weighted by atomic mass is 9.93. The van der Waals surface area contributed by atoms with Crippen molar-refractivity contribution in [2.24, 2.45) is 5.92 Å². The van der Waals surface area contributed by atoms with Crippen LogP contribution in [0.3, 0.4) is 0 Å². The smallest absolute Gasteiger partial charge is 0.226 e. The van der Waals surface area contributed by atoms with Gasteiger partial charge in [-0.05, 0) is 70.1 Å². The van der Waals surface area contributed by atoms with Crippen molar-refractivity contribution in [1.29, 1.82) is 0 Å². The van der Waals surface area contributed by atoms with E-state index in [1.165, 1.54) is 19.3 Å². The zero-order chi connectivity index (χ0) is 16.1. The molecule has 3 rings (SSSR count). The summed E-state index contributed by atoms with van der Waals surface area (Å²) in [5, 5.41) is 3.94. The third-order valence-electron chi connectivity index (χ3n) is 4.52. The highest BCUT2D eigenvalue weighted by atomic mass is 35.5. The van der Waals surface area contributed by atoms with Crippen LogP contribution in [0.1, 0.15) is 25.0 Å². The van der Waals surface area contributed by atoms with Crippen molar-refractivity contribution in [3.05, 3.63) is 41.2 Å². The summed E-state index contributed by atoms with van der Waals surface area (Å²) in [7, 11) is 2.03. The predicted molar refractivity (Wildman–Crippen MR) is 93.5 cm³/mol. The highest BCUT2D eigenvalue weighted by Gasteiger charge is 2.20. The zero-order valence-corrected chi connectivity index (χ0v) is 14.4. The molecule has 1 aliphatic heterocycles. The van der Waals surface area contributed by atoms with Gasteiger partial charge in [0.05, 0.1) is 5.69 Å². The van der Waals surface area contributed by atoms with E-state index in [4.69, 9.17) is 16.0 Å². The Morgan fingerprint density at radius 1 is 1.35 bits per heavy atom. The number of halogens is 1. The van der Waals surface area contributed by atoms with Crippen molar-refractivity contribution in [2.75, 3.05) is 26.7 Å². The molecular formula is C18H24ClN3O. The molecule has 23 heavy (non-hydrogen) atoms. The number of rotatable bonds is 6. The Balaban J connectivity index is 1.54. The highest BCUT2D eigenvalue weighted by Crippen LogP contribution is 2.24. The van der Waals surface area contributed by atoms with Crippen molar-refractivity contribution in [1.82, 2.24) is 15.2 Å². The number of nitrogens with one attached hydrogen (secondary N) is 1. The van der Waals surface area contributed by atoms with Crippen molar-refractivity contribution in [2.45, 2.75) is 25.8 Å². The lowest BCUT2D eigenvalue weighted by Gasteiger charge is -2.31. The molecule has 1 aromatic heterocycles. The van der Waals surface area contributed by atoms with Crippen LogP contribution in [0, 0.1) is 5.92 Å². The van der Waals surface area contributed by atoms with E-state index < -0.39 is 0 Å². The normalized spacial score (nSPS) is 16.8. The third kappa shape index (κ3) is 4.56. The first kappa shape index (κ1) is 16.5. The summed E-state index contributed by atoms with van der Waals surface area (Å²) in [6.45, 7) is 4.28. The minimum atomic E-state index is 0.645. The summed E-state index contributed by atoms with van der Waals surface area (Å²) in [4.78, 5) is 7.08. The van der Waals surface area contributed by atoms with Crippen LogP contribution in [0.2, 0.25) is 5.02 Å². The first-order valence-corrected chi connectivity index (χ1v) is 8.69. The van der Waals surface area contributed by atoms with E-state index in [1.54, 1.807) is 6.26 Å². The van der Waals surface area contributed by atoms with E-state index in [-0.39, 0.29) is 0 Å². The fourth-order valence-corrected chi connectivity index (χ4v) is 3.33. The molecule has 1 aromatic carbocycles. The molecule has 0 unspecified atom stereocenters. The molecule has 0 radical (unpaired) electrons. The summed E-state index contributed by atoms with van der Waals surface area (Å²) in [6, 6.07) is 7.61. The Labute approximate surface area is 142 Å². The van der Waals surface area contributed by atoms with Crippen molar-refractivity contribution in [3.8, 4) is 11.5 Å². The second kappa shape index (κ2) is 7.95. The van der Waals surface area contributed by atoms with Gasteiger partial charge in [-0.25, -0.2) is 4.98 Å². The monoisotopic (exact) mass is 333 g/mol. The van der Waals surface area contributed by atoms with Crippen molar-refractivity contribution in [3.63, 3.8) is 0 Å². The van der Waals surface area contributed by atoms with E-state index in [0.717, 1.165) is 43.4 Å². The molecule has 5 heteroatoms. The van der Waals surface area contributed by atoms with Gasteiger partial charge in [-0.15, -0.1) is 0 Å². The van der Waals surface area contributed by atoms with Crippen LogP contribution in [0.5, 0.6) is 0 Å². The number of nitrogens with zero attached hydrogens (tertiary/aromatic N) is 2. The maximum Gasteiger partial charge on any atom is 0.226 e. The zero-order valence-electron chi connectivity index (χ0n) is 13.6. The molecule has 0 saturated carbocycles. The second-order valence-electron chi connectivity index (χ2n) is 6.27. The fourth-order valence-electron chi connectivity index (χ4n) is 3.14. The molecule has 0 atom stereocenters. The van der Waals surface area contributed by atoms with Gasteiger partial charge in [0.15, 0.2) is 0 Å². The minimum absolute atomic E-state index is 0.645. The van der Waals surface area contributed by atoms with E-state index >= 15 is 0 Å². The molecule has 2 heterocycles. The van der Waals surface area contributed by atoms with Crippen LogP contribution >= 0.6 is 11.6 Å². The lowest BCUT2D eigenvalue weighted by Crippen LogP contribution is -2.34. The molecule has 0 amide bonds. The van der Waals surface area contributed by atoms with Gasteiger partial charge in [-0.3, -0.25) is 4.90 Å². The number of likely N-dealkylation sites (tertiary alicyclic amines) is 1. The number of aromatic nitrogens is 1. The SMILES string of the molecule is CNCCC1CCN(Cc2coc(-c3cccc(Cl)c3)n2)CC1. The molecule has 4 nitrogen and oxygen atoms in total. The standard InChI is InChI=1S/C18H24ClN3O/c1-20-8-5-14-6-9-22(10-7-14)12-17-13-23-18(21-17)15-3-2-4-16(19)11-15/h2-4,11,13-14,20H,5-10,12H2,1H3. The van der Waals surface area contributed by atoms with Gasteiger partial charge in [0.25, 0.3) is 0 Å². The summed E-state index contributed by atoms with van der Waals surface area (Å²) >= 11 is 6.02. The van der Waals surface area contributed by atoms with Crippen LogP contribution in [-0.2, 0) is 6.54 Å². The number of benzene rings is 1. The Kier molecular flexibility index (Phi) is 5.70. The van der Waals surface area contributed by atoms with Gasteiger partial charge in [0.2, 0.25) is 5.89 Å². The van der Waals surface area contributed by atoms with Gasteiger partial charge in [-0.2, -0.15) is 0 Å². The van der Waals surface area contributed by atoms with Crippen LogP contribution in [0.25, 0.3) is 11.5 Å². The Bertz CT molecular complexity index is 620. The molecule has 1 aliphatic rings. The molecule has 0 aliphatic carbocycles. The summed E-state index contributed by atoms with van der Waals surface area (Å²) < 4.78 is 5.62. The number of hydrogen-bond donors (Lipinski definition) is 1. The molecule has 0 bridgehead atoms. The molecule has 2 aromatic rings. The van der Waals surface area contributed by atoms with Gasteiger partial charge in [0, 0.05) is 17.1 Å². The third-order valence-corrected chi connectivity index (χ3v) is 4.75. The lowest BCUT2D eigenvalue weighted by molar-refractivity contribution is 0.170. The average molecular weight is 334 g/mol. The Morgan fingerprint density at radius 3 is 2.91 bits per heavy atom.